The standard InChI is InChI=1S/C10H14N2O/c1-7(2)10(11)8-3-4-9(6-13)12-5-8/h3-7,10H,11H2,1-2H3/t10-/m1/s1. The van der Waals surface area contributed by atoms with Gasteiger partial charge < -0.3 is 5.73 Å². The molecule has 0 amide bonds. The van der Waals surface area contributed by atoms with Crippen LogP contribution in [0.15, 0.2) is 18.3 Å². The minimum Gasteiger partial charge on any atom is -0.324 e. The van der Waals surface area contributed by atoms with Gasteiger partial charge in [0.1, 0.15) is 5.69 Å². The second-order valence-electron chi connectivity index (χ2n) is 3.40. The van der Waals surface area contributed by atoms with Gasteiger partial charge in [-0.2, -0.15) is 0 Å². The first-order valence-electron chi connectivity index (χ1n) is 4.32. The van der Waals surface area contributed by atoms with Crippen LogP contribution in [0.25, 0.3) is 0 Å². The number of pyridine rings is 1. The van der Waals surface area contributed by atoms with Gasteiger partial charge in [0, 0.05) is 12.2 Å². The molecule has 1 heterocycles. The maximum Gasteiger partial charge on any atom is 0.168 e. The molecule has 0 aliphatic rings. The fourth-order valence-corrected chi connectivity index (χ4v) is 1.07. The van der Waals surface area contributed by atoms with Crippen molar-refractivity contribution in [2.75, 3.05) is 0 Å². The van der Waals surface area contributed by atoms with Crippen LogP contribution in [0.3, 0.4) is 0 Å². The van der Waals surface area contributed by atoms with Gasteiger partial charge >= 0.3 is 0 Å². The Bertz CT molecular complexity index is 279. The lowest BCUT2D eigenvalue weighted by molar-refractivity contribution is 0.111. The highest BCUT2D eigenvalue weighted by atomic mass is 16.1. The zero-order chi connectivity index (χ0) is 9.84. The lowest BCUT2D eigenvalue weighted by Gasteiger charge is -2.15. The zero-order valence-electron chi connectivity index (χ0n) is 7.90. The summed E-state index contributed by atoms with van der Waals surface area (Å²) in [5, 5.41) is 0. The van der Waals surface area contributed by atoms with Crippen molar-refractivity contribution >= 4 is 6.29 Å². The molecule has 0 saturated carbocycles. The minimum atomic E-state index is -0.00629. The third-order valence-electron chi connectivity index (χ3n) is 2.03. The van der Waals surface area contributed by atoms with E-state index >= 15 is 0 Å². The number of hydrogen-bond acceptors (Lipinski definition) is 3. The number of carbonyl (C=O) groups excluding carboxylic acids is 1. The molecule has 13 heavy (non-hydrogen) atoms. The SMILES string of the molecule is CC(C)[C@@H](N)c1ccc(C=O)nc1. The van der Waals surface area contributed by atoms with Gasteiger partial charge in [-0.15, -0.1) is 0 Å². The van der Waals surface area contributed by atoms with Crippen LogP contribution in [-0.2, 0) is 0 Å². The van der Waals surface area contributed by atoms with E-state index in [1.54, 1.807) is 12.3 Å². The molecule has 0 bridgehead atoms. The quantitative estimate of drug-likeness (QED) is 0.714. The number of aldehydes is 1. The molecule has 3 nitrogen and oxygen atoms in total. The van der Waals surface area contributed by atoms with Crippen molar-refractivity contribution in [1.82, 2.24) is 4.98 Å². The van der Waals surface area contributed by atoms with Crippen LogP contribution in [0.5, 0.6) is 0 Å². The Morgan fingerprint density at radius 3 is 2.54 bits per heavy atom. The van der Waals surface area contributed by atoms with Crippen LogP contribution in [0.2, 0.25) is 0 Å². The highest BCUT2D eigenvalue weighted by molar-refractivity contribution is 5.71. The Labute approximate surface area is 78.0 Å². The highest BCUT2D eigenvalue weighted by Crippen LogP contribution is 2.17. The number of aromatic nitrogens is 1. The molecule has 70 valence electrons. The molecular formula is C10H14N2O. The Kier molecular flexibility index (Phi) is 3.14. The van der Waals surface area contributed by atoms with Crippen molar-refractivity contribution < 1.29 is 4.79 Å². The summed E-state index contributed by atoms with van der Waals surface area (Å²) in [6, 6.07) is 3.53. The van der Waals surface area contributed by atoms with Crippen LogP contribution in [-0.4, -0.2) is 11.3 Å². The number of hydrogen-bond donors (Lipinski definition) is 1. The molecule has 0 aliphatic heterocycles. The first-order chi connectivity index (χ1) is 6.15. The first-order valence-corrected chi connectivity index (χ1v) is 4.32. The fourth-order valence-electron chi connectivity index (χ4n) is 1.07. The van der Waals surface area contributed by atoms with Gasteiger partial charge in [0.25, 0.3) is 0 Å². The van der Waals surface area contributed by atoms with Crippen molar-refractivity contribution in [3.8, 4) is 0 Å². The predicted octanol–water partition coefficient (Wildman–Crippen LogP) is 1.55. The molecule has 0 unspecified atom stereocenters. The Hall–Kier alpha value is -1.22. The van der Waals surface area contributed by atoms with Crippen LogP contribution < -0.4 is 5.73 Å². The van der Waals surface area contributed by atoms with Gasteiger partial charge in [-0.05, 0) is 17.5 Å². The second kappa shape index (κ2) is 4.14. The van der Waals surface area contributed by atoms with Gasteiger partial charge in [-0.25, -0.2) is 0 Å². The number of carbonyl (C=O) groups is 1. The van der Waals surface area contributed by atoms with E-state index in [1.165, 1.54) is 0 Å². The van der Waals surface area contributed by atoms with Gasteiger partial charge in [-0.3, -0.25) is 9.78 Å². The lowest BCUT2D eigenvalue weighted by atomic mass is 9.98. The molecule has 3 heteroatoms. The topological polar surface area (TPSA) is 56.0 Å². The van der Waals surface area contributed by atoms with Crippen molar-refractivity contribution in [1.29, 1.82) is 0 Å². The summed E-state index contributed by atoms with van der Waals surface area (Å²) in [7, 11) is 0. The summed E-state index contributed by atoms with van der Waals surface area (Å²) < 4.78 is 0. The Morgan fingerprint density at radius 1 is 1.46 bits per heavy atom. The van der Waals surface area contributed by atoms with Crippen molar-refractivity contribution in [2.45, 2.75) is 19.9 Å². The lowest BCUT2D eigenvalue weighted by Crippen LogP contribution is -2.16. The first kappa shape index (κ1) is 9.86. The van der Waals surface area contributed by atoms with Gasteiger partial charge in [0.15, 0.2) is 6.29 Å². The Morgan fingerprint density at radius 2 is 2.15 bits per heavy atom. The number of nitrogens with zero attached hydrogens (tertiary/aromatic N) is 1. The molecule has 0 radical (unpaired) electrons. The van der Waals surface area contributed by atoms with Crippen molar-refractivity contribution in [3.05, 3.63) is 29.6 Å². The molecule has 1 rings (SSSR count). The van der Waals surface area contributed by atoms with E-state index in [2.05, 4.69) is 18.8 Å². The average molecular weight is 178 g/mol. The van der Waals surface area contributed by atoms with E-state index < -0.39 is 0 Å². The van der Waals surface area contributed by atoms with Crippen LogP contribution in [0, 0.1) is 5.92 Å². The summed E-state index contributed by atoms with van der Waals surface area (Å²) in [4.78, 5) is 14.3. The van der Waals surface area contributed by atoms with E-state index in [1.807, 2.05) is 6.07 Å². The maximum atomic E-state index is 10.3. The molecule has 2 N–H and O–H groups in total. The monoisotopic (exact) mass is 178 g/mol. The third kappa shape index (κ3) is 2.36. The second-order valence-corrected chi connectivity index (χ2v) is 3.40. The fraction of sp³-hybridized carbons (Fsp3) is 0.400. The van der Waals surface area contributed by atoms with E-state index in [-0.39, 0.29) is 6.04 Å². The molecule has 1 aromatic heterocycles. The molecule has 1 atom stereocenters. The zero-order valence-corrected chi connectivity index (χ0v) is 7.90. The molecular weight excluding hydrogens is 164 g/mol. The largest absolute Gasteiger partial charge is 0.324 e. The van der Waals surface area contributed by atoms with Crippen LogP contribution in [0.4, 0.5) is 0 Å². The van der Waals surface area contributed by atoms with Crippen LogP contribution in [0.1, 0.15) is 35.9 Å². The normalized spacial score (nSPS) is 12.9. The van der Waals surface area contributed by atoms with E-state index in [0.29, 0.717) is 11.6 Å². The highest BCUT2D eigenvalue weighted by Gasteiger charge is 2.09. The summed E-state index contributed by atoms with van der Waals surface area (Å²) in [5.41, 5.74) is 7.32. The smallest absolute Gasteiger partial charge is 0.168 e. The van der Waals surface area contributed by atoms with E-state index in [9.17, 15) is 4.79 Å². The molecule has 0 aromatic carbocycles. The third-order valence-corrected chi connectivity index (χ3v) is 2.03. The minimum absolute atomic E-state index is 0.00629. The average Bonchev–Trinajstić information content (AvgIpc) is 2.17. The van der Waals surface area contributed by atoms with Crippen molar-refractivity contribution in [3.63, 3.8) is 0 Å². The van der Waals surface area contributed by atoms with Gasteiger partial charge in [0.2, 0.25) is 0 Å². The summed E-state index contributed by atoms with van der Waals surface area (Å²) >= 11 is 0. The van der Waals surface area contributed by atoms with E-state index in [0.717, 1.165) is 11.8 Å². The molecule has 0 spiro atoms. The van der Waals surface area contributed by atoms with Gasteiger partial charge in [0.05, 0.1) is 0 Å². The van der Waals surface area contributed by atoms with Gasteiger partial charge in [-0.1, -0.05) is 19.9 Å². The molecule has 0 fully saturated rings. The maximum absolute atomic E-state index is 10.3. The Balaban J connectivity index is 2.85. The number of rotatable bonds is 3. The van der Waals surface area contributed by atoms with E-state index in [4.69, 9.17) is 5.73 Å². The molecule has 0 aliphatic carbocycles. The van der Waals surface area contributed by atoms with Crippen molar-refractivity contribution in [2.24, 2.45) is 11.7 Å². The predicted molar refractivity (Wildman–Crippen MR) is 51.4 cm³/mol. The summed E-state index contributed by atoms with van der Waals surface area (Å²) in [6.07, 6.45) is 2.39. The molecule has 0 saturated heterocycles. The summed E-state index contributed by atoms with van der Waals surface area (Å²) in [5.74, 6) is 0.379. The van der Waals surface area contributed by atoms with Crippen LogP contribution >= 0.6 is 0 Å². The molecule has 1 aromatic rings. The summed E-state index contributed by atoms with van der Waals surface area (Å²) in [6.45, 7) is 4.11. The number of nitrogens with two attached hydrogens (primary N) is 1.